The van der Waals surface area contributed by atoms with E-state index in [0.717, 1.165) is 22.9 Å². The molecule has 2 aromatic carbocycles. The van der Waals surface area contributed by atoms with Crippen molar-refractivity contribution in [2.75, 3.05) is 31.2 Å². The molecule has 0 saturated carbocycles. The van der Waals surface area contributed by atoms with Gasteiger partial charge in [-0.2, -0.15) is 0 Å². The molecule has 3 unspecified atom stereocenters. The average molecular weight is 628 g/mol. The van der Waals surface area contributed by atoms with E-state index in [1.54, 1.807) is 33.7 Å². The number of rotatable bonds is 12. The van der Waals surface area contributed by atoms with Crippen molar-refractivity contribution in [2.45, 2.75) is 46.5 Å². The third-order valence-electron chi connectivity index (χ3n) is 8.27. The maximum atomic E-state index is 14.6. The number of aliphatic hydroxyl groups is 1. The van der Waals surface area contributed by atoms with Gasteiger partial charge in [-0.25, -0.2) is 0 Å². The number of hydrogen-bond donors (Lipinski definition) is 1. The zero-order valence-corrected chi connectivity index (χ0v) is 24.8. The SMILES string of the molecule is C=CCCCOC(=O)[C@H]1[C@H]2C(=O)N(CCCO)C(C(=O)N(CC=C)c3ccc4ccccc4c3)C23CC(Br)[C@@H]1S3. The van der Waals surface area contributed by atoms with Gasteiger partial charge in [0.1, 0.15) is 6.04 Å². The Balaban J connectivity index is 1.52. The Hall–Kier alpha value is -2.62. The highest BCUT2D eigenvalue weighted by Gasteiger charge is 2.76. The lowest BCUT2D eigenvalue weighted by molar-refractivity contribution is -0.154. The van der Waals surface area contributed by atoms with Gasteiger partial charge in [0.2, 0.25) is 5.91 Å². The van der Waals surface area contributed by atoms with Crippen LogP contribution in [-0.2, 0) is 19.1 Å². The number of esters is 1. The second-order valence-corrected chi connectivity index (χ2v) is 13.4. The zero-order valence-electron chi connectivity index (χ0n) is 22.4. The minimum atomic E-state index is -0.781. The van der Waals surface area contributed by atoms with E-state index in [1.165, 1.54) is 0 Å². The number of nitrogens with zero attached hydrogens (tertiary/aromatic N) is 2. The van der Waals surface area contributed by atoms with Crippen molar-refractivity contribution in [1.29, 1.82) is 0 Å². The molecule has 3 aliphatic rings. The van der Waals surface area contributed by atoms with Gasteiger partial charge in [-0.1, -0.05) is 58.4 Å². The summed E-state index contributed by atoms with van der Waals surface area (Å²) in [5.74, 6) is -2.07. The lowest BCUT2D eigenvalue weighted by atomic mass is 9.71. The van der Waals surface area contributed by atoms with Crippen LogP contribution >= 0.6 is 27.7 Å². The normalized spacial score (nSPS) is 28.5. The van der Waals surface area contributed by atoms with E-state index >= 15 is 0 Å². The van der Waals surface area contributed by atoms with Crippen molar-refractivity contribution in [3.8, 4) is 0 Å². The van der Waals surface area contributed by atoms with E-state index in [4.69, 9.17) is 4.74 Å². The quantitative estimate of drug-likeness (QED) is 0.159. The Morgan fingerprint density at radius 1 is 1.18 bits per heavy atom. The zero-order chi connectivity index (χ0) is 28.4. The number of halogens is 1. The number of fused-ring (bicyclic) bond motifs is 2. The summed E-state index contributed by atoms with van der Waals surface area (Å²) in [6.45, 7) is 8.29. The lowest BCUT2D eigenvalue weighted by Crippen LogP contribution is -2.55. The molecule has 7 nitrogen and oxygen atoms in total. The highest BCUT2D eigenvalue weighted by Crippen LogP contribution is 2.68. The first kappa shape index (κ1) is 28.9. The first-order valence-electron chi connectivity index (χ1n) is 13.8. The van der Waals surface area contributed by atoms with Gasteiger partial charge in [-0.05, 0) is 48.6 Å². The Morgan fingerprint density at radius 3 is 2.67 bits per heavy atom. The number of amides is 2. The molecule has 0 aliphatic carbocycles. The van der Waals surface area contributed by atoms with Gasteiger partial charge in [-0.15, -0.1) is 24.9 Å². The van der Waals surface area contributed by atoms with Crippen molar-refractivity contribution in [1.82, 2.24) is 4.90 Å². The van der Waals surface area contributed by atoms with Crippen molar-refractivity contribution < 1.29 is 24.2 Å². The Morgan fingerprint density at radius 2 is 1.95 bits per heavy atom. The molecule has 9 heteroatoms. The molecule has 1 N–H and O–H groups in total. The summed E-state index contributed by atoms with van der Waals surface area (Å²) < 4.78 is 4.88. The standard InChI is InChI=1S/C31H35BrN2O5S/c1-3-5-8-17-39-30(38)24-25-28(36)34(15-9-16-35)27(31(25)19-23(32)26(24)40-31)29(37)33(14-4-2)22-13-12-20-10-6-7-11-21(20)18-22/h3-4,6-7,10-13,18,23-27,35H,1-2,5,8-9,14-17,19H2/t23?,24-,25-,26-,27?,31?/m0/s1. The molecule has 2 bridgehead atoms. The predicted molar refractivity (Wildman–Crippen MR) is 163 cm³/mol. The van der Waals surface area contributed by atoms with Gasteiger partial charge in [0.05, 0.1) is 23.2 Å². The molecule has 3 saturated heterocycles. The molecule has 212 valence electrons. The van der Waals surface area contributed by atoms with Crippen LogP contribution in [-0.4, -0.2) is 75.0 Å². The third kappa shape index (κ3) is 4.90. The Bertz CT molecular complexity index is 1320. The molecular formula is C31H35BrN2O5S. The van der Waals surface area contributed by atoms with E-state index in [2.05, 4.69) is 29.1 Å². The summed E-state index contributed by atoms with van der Waals surface area (Å²) in [5, 5.41) is 11.5. The van der Waals surface area contributed by atoms with Gasteiger partial charge in [0.15, 0.2) is 0 Å². The molecule has 1 spiro atoms. The predicted octanol–water partition coefficient (Wildman–Crippen LogP) is 4.72. The first-order chi connectivity index (χ1) is 19.4. The van der Waals surface area contributed by atoms with E-state index in [-0.39, 0.29) is 54.2 Å². The van der Waals surface area contributed by atoms with E-state index in [0.29, 0.717) is 19.3 Å². The van der Waals surface area contributed by atoms with Crippen LogP contribution < -0.4 is 4.90 Å². The van der Waals surface area contributed by atoms with Crippen LogP contribution in [0.25, 0.3) is 10.8 Å². The highest BCUT2D eigenvalue weighted by molar-refractivity contribution is 9.09. The molecule has 6 atom stereocenters. The second-order valence-electron chi connectivity index (χ2n) is 10.6. The highest BCUT2D eigenvalue weighted by atomic mass is 79.9. The van der Waals surface area contributed by atoms with Crippen molar-refractivity contribution >= 4 is 61.9 Å². The second kappa shape index (κ2) is 12.1. The molecule has 2 aromatic rings. The van der Waals surface area contributed by atoms with Gasteiger partial charge in [-0.3, -0.25) is 14.4 Å². The fourth-order valence-corrected chi connectivity index (χ4v) is 10.2. The number of unbranched alkanes of at least 4 members (excludes halogenated alkanes) is 1. The number of carbonyl (C=O) groups excluding carboxylic acids is 3. The number of likely N-dealkylation sites (tertiary alicyclic amines) is 1. The molecular weight excluding hydrogens is 592 g/mol. The number of carbonyl (C=O) groups is 3. The fraction of sp³-hybridized carbons (Fsp3) is 0.452. The summed E-state index contributed by atoms with van der Waals surface area (Å²) in [6, 6.07) is 13.1. The molecule has 3 aliphatic heterocycles. The number of allylic oxidation sites excluding steroid dienone is 1. The number of thioether (sulfide) groups is 1. The number of alkyl halides is 1. The van der Waals surface area contributed by atoms with Crippen LogP contribution in [0.4, 0.5) is 5.69 Å². The molecule has 0 radical (unpaired) electrons. The number of ether oxygens (including phenoxy) is 1. The number of hydrogen-bond acceptors (Lipinski definition) is 6. The van der Waals surface area contributed by atoms with Crippen LogP contribution in [0.15, 0.2) is 67.8 Å². The van der Waals surface area contributed by atoms with Crippen LogP contribution in [0, 0.1) is 11.8 Å². The van der Waals surface area contributed by atoms with Gasteiger partial charge < -0.3 is 19.6 Å². The summed E-state index contributed by atoms with van der Waals surface area (Å²) in [7, 11) is 0. The topological polar surface area (TPSA) is 87.1 Å². The van der Waals surface area contributed by atoms with Gasteiger partial charge in [0, 0.05) is 35.5 Å². The monoisotopic (exact) mass is 626 g/mol. The molecule has 40 heavy (non-hydrogen) atoms. The molecule has 3 heterocycles. The fourth-order valence-electron chi connectivity index (χ4n) is 6.60. The summed E-state index contributed by atoms with van der Waals surface area (Å²) >= 11 is 5.37. The van der Waals surface area contributed by atoms with E-state index in [9.17, 15) is 19.5 Å². The van der Waals surface area contributed by atoms with Crippen molar-refractivity contribution in [3.63, 3.8) is 0 Å². The average Bonchev–Trinajstić information content (AvgIpc) is 3.55. The number of aliphatic hydroxyl groups excluding tert-OH is 1. The third-order valence-corrected chi connectivity index (χ3v) is 11.5. The first-order valence-corrected chi connectivity index (χ1v) is 15.6. The minimum Gasteiger partial charge on any atom is -0.465 e. The summed E-state index contributed by atoms with van der Waals surface area (Å²) in [5.41, 5.74) is 0.726. The number of benzene rings is 2. The van der Waals surface area contributed by atoms with Crippen LogP contribution in [0.2, 0.25) is 0 Å². The largest absolute Gasteiger partial charge is 0.465 e. The van der Waals surface area contributed by atoms with Crippen LogP contribution in [0.5, 0.6) is 0 Å². The van der Waals surface area contributed by atoms with Crippen LogP contribution in [0.1, 0.15) is 25.7 Å². The molecule has 3 fully saturated rings. The maximum Gasteiger partial charge on any atom is 0.310 e. The van der Waals surface area contributed by atoms with Crippen LogP contribution in [0.3, 0.4) is 0 Å². The summed E-state index contributed by atoms with van der Waals surface area (Å²) in [6.07, 6.45) is 5.82. The maximum absolute atomic E-state index is 14.6. The van der Waals surface area contributed by atoms with Crippen molar-refractivity contribution in [3.05, 3.63) is 67.8 Å². The van der Waals surface area contributed by atoms with E-state index < -0.39 is 22.6 Å². The lowest BCUT2D eigenvalue weighted by Gasteiger charge is -2.37. The molecule has 2 amide bonds. The molecule has 0 aromatic heterocycles. The summed E-state index contributed by atoms with van der Waals surface area (Å²) in [4.78, 5) is 45.4. The van der Waals surface area contributed by atoms with Crippen molar-refractivity contribution in [2.24, 2.45) is 11.8 Å². The van der Waals surface area contributed by atoms with Gasteiger partial charge in [0.25, 0.3) is 5.91 Å². The number of anilines is 1. The van der Waals surface area contributed by atoms with E-state index in [1.807, 2.05) is 42.5 Å². The Kier molecular flexibility index (Phi) is 8.73. The minimum absolute atomic E-state index is 0.0334. The smallest absolute Gasteiger partial charge is 0.310 e. The molecule has 5 rings (SSSR count). The Labute approximate surface area is 247 Å². The van der Waals surface area contributed by atoms with Gasteiger partial charge >= 0.3 is 5.97 Å².